The highest BCUT2D eigenvalue weighted by atomic mass is 16.5. The van der Waals surface area contributed by atoms with E-state index in [0.717, 1.165) is 26.2 Å². The lowest BCUT2D eigenvalue weighted by atomic mass is 9.82. The molecule has 2 heterocycles. The Morgan fingerprint density at radius 1 is 1.31 bits per heavy atom. The quantitative estimate of drug-likeness (QED) is 0.649. The van der Waals surface area contributed by atoms with Gasteiger partial charge in [-0.2, -0.15) is 0 Å². The first-order valence-electron chi connectivity index (χ1n) is 4.82. The fourth-order valence-corrected chi connectivity index (χ4v) is 2.42. The Labute approximate surface area is 77.9 Å². The van der Waals surface area contributed by atoms with E-state index in [1.54, 1.807) is 0 Å². The first kappa shape index (κ1) is 7.39. The van der Waals surface area contributed by atoms with Crippen LogP contribution < -0.4 is 5.32 Å². The van der Waals surface area contributed by atoms with E-state index in [1.165, 1.54) is 11.3 Å². The lowest BCUT2D eigenvalue weighted by Gasteiger charge is -2.20. The number of hydrogen-bond donors (Lipinski definition) is 1. The molecule has 1 N–H and O–H groups in total. The molecule has 68 valence electrons. The van der Waals surface area contributed by atoms with Crippen molar-refractivity contribution in [1.29, 1.82) is 0 Å². The zero-order chi connectivity index (χ0) is 8.73. The Bertz CT molecular complexity index is 329. The van der Waals surface area contributed by atoms with Crippen molar-refractivity contribution < 1.29 is 4.74 Å². The van der Waals surface area contributed by atoms with Crippen molar-refractivity contribution in [3.8, 4) is 0 Å². The Hall–Kier alpha value is -1.02. The molecule has 1 aromatic rings. The van der Waals surface area contributed by atoms with Gasteiger partial charge >= 0.3 is 0 Å². The Kier molecular flexibility index (Phi) is 1.41. The summed E-state index contributed by atoms with van der Waals surface area (Å²) in [5.41, 5.74) is 3.04. The number of anilines is 1. The Morgan fingerprint density at radius 3 is 3.08 bits per heavy atom. The van der Waals surface area contributed by atoms with Crippen LogP contribution in [0.4, 0.5) is 5.69 Å². The van der Waals surface area contributed by atoms with Gasteiger partial charge in [-0.15, -0.1) is 0 Å². The van der Waals surface area contributed by atoms with E-state index in [4.69, 9.17) is 4.74 Å². The van der Waals surface area contributed by atoms with E-state index >= 15 is 0 Å². The van der Waals surface area contributed by atoms with Crippen LogP contribution in [0.25, 0.3) is 0 Å². The van der Waals surface area contributed by atoms with Crippen LogP contribution in [-0.2, 0) is 10.2 Å². The van der Waals surface area contributed by atoms with E-state index in [0.29, 0.717) is 0 Å². The predicted octanol–water partition coefficient (Wildman–Crippen LogP) is 1.77. The summed E-state index contributed by atoms with van der Waals surface area (Å²) in [6.45, 7) is 2.85. The van der Waals surface area contributed by atoms with Crippen LogP contribution in [0, 0.1) is 0 Å². The molecule has 0 aromatic heterocycles. The second-order valence-electron chi connectivity index (χ2n) is 3.98. The first-order valence-corrected chi connectivity index (χ1v) is 4.82. The normalized spacial score (nSPS) is 30.5. The van der Waals surface area contributed by atoms with Gasteiger partial charge in [-0.3, -0.25) is 0 Å². The molecular formula is C11H13NO. The van der Waals surface area contributed by atoms with Gasteiger partial charge in [0.05, 0.1) is 6.61 Å². The maximum atomic E-state index is 5.50. The van der Waals surface area contributed by atoms with Gasteiger partial charge in [-0.1, -0.05) is 18.2 Å². The minimum atomic E-state index is 0.288. The number of ether oxygens (including phenoxy) is 1. The number of para-hydroxylation sites is 1. The molecule has 0 bridgehead atoms. The van der Waals surface area contributed by atoms with Gasteiger partial charge in [0.1, 0.15) is 0 Å². The van der Waals surface area contributed by atoms with Crippen LogP contribution in [0.3, 0.4) is 0 Å². The molecule has 2 aliphatic rings. The molecule has 0 amide bonds. The highest BCUT2D eigenvalue weighted by Crippen LogP contribution is 2.41. The summed E-state index contributed by atoms with van der Waals surface area (Å²) in [6, 6.07) is 8.58. The van der Waals surface area contributed by atoms with Crippen molar-refractivity contribution in [2.24, 2.45) is 0 Å². The lowest BCUT2D eigenvalue weighted by molar-refractivity contribution is 0.181. The molecule has 13 heavy (non-hydrogen) atoms. The monoisotopic (exact) mass is 175 g/mol. The van der Waals surface area contributed by atoms with E-state index in [2.05, 4.69) is 29.6 Å². The molecule has 2 heteroatoms. The molecule has 2 nitrogen and oxygen atoms in total. The minimum absolute atomic E-state index is 0.288. The van der Waals surface area contributed by atoms with Crippen molar-refractivity contribution in [2.75, 3.05) is 25.1 Å². The summed E-state index contributed by atoms with van der Waals surface area (Å²) < 4.78 is 5.50. The summed E-state index contributed by atoms with van der Waals surface area (Å²) in [4.78, 5) is 0. The lowest BCUT2D eigenvalue weighted by Crippen LogP contribution is -2.28. The minimum Gasteiger partial charge on any atom is -0.384 e. The average Bonchev–Trinajstić information content (AvgIpc) is 2.78. The van der Waals surface area contributed by atoms with Crippen LogP contribution in [0.1, 0.15) is 12.0 Å². The second-order valence-corrected chi connectivity index (χ2v) is 3.98. The molecule has 1 saturated heterocycles. The van der Waals surface area contributed by atoms with Crippen molar-refractivity contribution in [3.63, 3.8) is 0 Å². The summed E-state index contributed by atoms with van der Waals surface area (Å²) in [7, 11) is 0. The SMILES string of the molecule is c1ccc2c(c1)NC[C@@]21CCOC1. The summed E-state index contributed by atoms with van der Waals surface area (Å²) in [5, 5.41) is 3.45. The first-order chi connectivity index (χ1) is 6.41. The predicted molar refractivity (Wildman–Crippen MR) is 52.0 cm³/mol. The van der Waals surface area contributed by atoms with Crippen molar-refractivity contribution in [2.45, 2.75) is 11.8 Å². The molecular weight excluding hydrogens is 162 g/mol. The standard InChI is InChI=1S/C11H13NO/c1-2-4-10-9(3-1)11(7-12-10)5-6-13-8-11/h1-4,12H,5-8H2/t11-/m1/s1. The number of hydrogen-bond acceptors (Lipinski definition) is 2. The van der Waals surface area contributed by atoms with Crippen LogP contribution in [0.2, 0.25) is 0 Å². The third kappa shape index (κ3) is 0.923. The van der Waals surface area contributed by atoms with Crippen LogP contribution in [0.15, 0.2) is 24.3 Å². The van der Waals surface area contributed by atoms with E-state index in [1.807, 2.05) is 0 Å². The van der Waals surface area contributed by atoms with Crippen LogP contribution in [-0.4, -0.2) is 19.8 Å². The van der Waals surface area contributed by atoms with Crippen LogP contribution in [0.5, 0.6) is 0 Å². The molecule has 0 saturated carbocycles. The van der Waals surface area contributed by atoms with Gasteiger partial charge in [0.15, 0.2) is 0 Å². The molecule has 2 aliphatic heterocycles. The summed E-state index contributed by atoms with van der Waals surface area (Å²) >= 11 is 0. The summed E-state index contributed by atoms with van der Waals surface area (Å²) in [5.74, 6) is 0. The van der Waals surface area contributed by atoms with Gasteiger partial charge in [0.25, 0.3) is 0 Å². The van der Waals surface area contributed by atoms with Gasteiger partial charge in [0, 0.05) is 24.3 Å². The van der Waals surface area contributed by atoms with Crippen LogP contribution >= 0.6 is 0 Å². The fourth-order valence-electron chi connectivity index (χ4n) is 2.42. The zero-order valence-electron chi connectivity index (χ0n) is 7.55. The molecule has 1 spiro atoms. The molecule has 3 rings (SSSR count). The van der Waals surface area contributed by atoms with Crippen molar-refractivity contribution in [3.05, 3.63) is 29.8 Å². The number of rotatable bonds is 0. The maximum absolute atomic E-state index is 5.50. The molecule has 0 unspecified atom stereocenters. The number of nitrogens with one attached hydrogen (secondary N) is 1. The fraction of sp³-hybridized carbons (Fsp3) is 0.455. The van der Waals surface area contributed by atoms with Gasteiger partial charge in [-0.05, 0) is 18.1 Å². The van der Waals surface area contributed by atoms with E-state index in [9.17, 15) is 0 Å². The molecule has 1 aromatic carbocycles. The Balaban J connectivity index is 2.11. The molecule has 1 fully saturated rings. The van der Waals surface area contributed by atoms with Gasteiger partial charge in [0.2, 0.25) is 0 Å². The van der Waals surface area contributed by atoms with Gasteiger partial charge in [-0.25, -0.2) is 0 Å². The highest BCUT2D eigenvalue weighted by molar-refractivity contribution is 5.60. The highest BCUT2D eigenvalue weighted by Gasteiger charge is 2.41. The maximum Gasteiger partial charge on any atom is 0.0581 e. The largest absolute Gasteiger partial charge is 0.384 e. The van der Waals surface area contributed by atoms with Crippen molar-refractivity contribution >= 4 is 5.69 Å². The van der Waals surface area contributed by atoms with E-state index < -0.39 is 0 Å². The van der Waals surface area contributed by atoms with Gasteiger partial charge < -0.3 is 10.1 Å². The number of benzene rings is 1. The second kappa shape index (κ2) is 2.48. The Morgan fingerprint density at radius 2 is 2.23 bits per heavy atom. The zero-order valence-corrected chi connectivity index (χ0v) is 7.55. The summed E-state index contributed by atoms with van der Waals surface area (Å²) in [6.07, 6.45) is 1.16. The van der Waals surface area contributed by atoms with Crippen molar-refractivity contribution in [1.82, 2.24) is 0 Å². The third-order valence-electron chi connectivity index (χ3n) is 3.22. The van der Waals surface area contributed by atoms with E-state index in [-0.39, 0.29) is 5.41 Å². The molecule has 1 atom stereocenters. The molecule has 0 radical (unpaired) electrons. The molecule has 0 aliphatic carbocycles. The topological polar surface area (TPSA) is 21.3 Å². The third-order valence-corrected chi connectivity index (χ3v) is 3.22. The smallest absolute Gasteiger partial charge is 0.0581 e. The average molecular weight is 175 g/mol. The number of fused-ring (bicyclic) bond motifs is 2.